The van der Waals surface area contributed by atoms with Gasteiger partial charge in [-0.3, -0.25) is 0 Å². The van der Waals surface area contributed by atoms with Crippen molar-refractivity contribution in [1.29, 1.82) is 0 Å². The normalized spacial score (nSPS) is 17.2. The molecule has 1 saturated carbocycles. The molecule has 1 aromatic carbocycles. The summed E-state index contributed by atoms with van der Waals surface area (Å²) in [5.41, 5.74) is 0.445. The summed E-state index contributed by atoms with van der Waals surface area (Å²) in [5, 5.41) is 15.3. The smallest absolute Gasteiger partial charge is 0.319 e. The van der Waals surface area contributed by atoms with Crippen molar-refractivity contribution in [2.75, 3.05) is 11.9 Å². The third-order valence-corrected chi connectivity index (χ3v) is 3.56. The summed E-state index contributed by atoms with van der Waals surface area (Å²) in [4.78, 5) is 11.7. The van der Waals surface area contributed by atoms with Crippen molar-refractivity contribution in [3.05, 3.63) is 29.6 Å². The van der Waals surface area contributed by atoms with E-state index in [1.807, 2.05) is 0 Å². The lowest BCUT2D eigenvalue weighted by molar-refractivity contribution is 0.0506. The highest BCUT2D eigenvalue weighted by atomic mass is 19.1. The van der Waals surface area contributed by atoms with E-state index in [4.69, 9.17) is 0 Å². The highest BCUT2D eigenvalue weighted by Crippen LogP contribution is 2.28. The summed E-state index contributed by atoms with van der Waals surface area (Å²) in [5.74, 6) is -0.393. The molecule has 0 heterocycles. The number of hydrogen-bond donors (Lipinski definition) is 3. The molecule has 0 unspecified atom stereocenters. The number of urea groups is 1. The van der Waals surface area contributed by atoms with E-state index in [0.717, 1.165) is 18.4 Å². The van der Waals surface area contributed by atoms with Crippen molar-refractivity contribution in [2.45, 2.75) is 38.2 Å². The van der Waals surface area contributed by atoms with Gasteiger partial charge in [-0.05, 0) is 37.5 Å². The summed E-state index contributed by atoms with van der Waals surface area (Å²) >= 11 is 0. The molecule has 2 rings (SSSR count). The number of amides is 2. The second-order valence-electron chi connectivity index (χ2n) is 5.20. The van der Waals surface area contributed by atoms with Gasteiger partial charge in [-0.15, -0.1) is 0 Å². The molecule has 0 aliphatic heterocycles. The molecular formula is C14H19FN2O2. The van der Waals surface area contributed by atoms with Crippen molar-refractivity contribution in [1.82, 2.24) is 5.32 Å². The summed E-state index contributed by atoms with van der Waals surface area (Å²) in [6.07, 6.45) is 3.41. The standard InChI is InChI=1S/C14H19FN2O2/c1-10-4-5-11(15)8-12(10)17-13(18)16-9-14(19)6-2-3-7-14/h4-5,8,19H,2-3,6-7,9H2,1H3,(H2,16,17,18). The van der Waals surface area contributed by atoms with Gasteiger partial charge < -0.3 is 15.7 Å². The number of carbonyl (C=O) groups is 1. The average Bonchev–Trinajstić information content (AvgIpc) is 2.79. The lowest BCUT2D eigenvalue weighted by atomic mass is 10.0. The Bertz CT molecular complexity index is 471. The van der Waals surface area contributed by atoms with E-state index in [1.54, 1.807) is 13.0 Å². The Labute approximate surface area is 112 Å². The van der Waals surface area contributed by atoms with E-state index in [9.17, 15) is 14.3 Å². The van der Waals surface area contributed by atoms with Gasteiger partial charge in [0, 0.05) is 12.2 Å². The van der Waals surface area contributed by atoms with Crippen molar-refractivity contribution in [3.8, 4) is 0 Å². The highest BCUT2D eigenvalue weighted by molar-refractivity contribution is 5.90. The molecule has 104 valence electrons. The number of halogens is 1. The molecule has 0 saturated heterocycles. The first-order chi connectivity index (χ1) is 8.98. The summed E-state index contributed by atoms with van der Waals surface area (Å²) in [6.45, 7) is 2.02. The zero-order valence-corrected chi connectivity index (χ0v) is 11.0. The highest BCUT2D eigenvalue weighted by Gasteiger charge is 2.31. The van der Waals surface area contributed by atoms with Gasteiger partial charge in [-0.2, -0.15) is 0 Å². The zero-order valence-electron chi connectivity index (χ0n) is 11.0. The topological polar surface area (TPSA) is 61.4 Å². The molecule has 0 aromatic heterocycles. The lowest BCUT2D eigenvalue weighted by Crippen LogP contribution is -2.42. The van der Waals surface area contributed by atoms with Crippen LogP contribution in [0.5, 0.6) is 0 Å². The van der Waals surface area contributed by atoms with Gasteiger partial charge in [-0.1, -0.05) is 18.9 Å². The maximum atomic E-state index is 13.1. The van der Waals surface area contributed by atoms with Crippen molar-refractivity contribution >= 4 is 11.7 Å². The number of carbonyl (C=O) groups excluding carboxylic acids is 1. The van der Waals surface area contributed by atoms with Crippen molar-refractivity contribution < 1.29 is 14.3 Å². The minimum absolute atomic E-state index is 0.229. The monoisotopic (exact) mass is 266 g/mol. The van der Waals surface area contributed by atoms with Crippen LogP contribution >= 0.6 is 0 Å². The molecule has 0 radical (unpaired) electrons. The Hall–Kier alpha value is -1.62. The average molecular weight is 266 g/mol. The summed E-state index contributed by atoms with van der Waals surface area (Å²) in [7, 11) is 0. The number of anilines is 1. The molecule has 0 atom stereocenters. The Balaban J connectivity index is 1.89. The second-order valence-corrected chi connectivity index (χ2v) is 5.20. The van der Waals surface area contributed by atoms with E-state index in [2.05, 4.69) is 10.6 Å². The van der Waals surface area contributed by atoms with Gasteiger partial charge in [0.15, 0.2) is 0 Å². The van der Waals surface area contributed by atoms with Gasteiger partial charge in [0.25, 0.3) is 0 Å². The first kappa shape index (κ1) is 13.8. The third kappa shape index (κ3) is 3.67. The minimum atomic E-state index is -0.783. The lowest BCUT2D eigenvalue weighted by Gasteiger charge is -2.22. The molecule has 1 aromatic rings. The SMILES string of the molecule is Cc1ccc(F)cc1NC(=O)NCC1(O)CCCC1. The number of hydrogen-bond acceptors (Lipinski definition) is 2. The van der Waals surface area contributed by atoms with Gasteiger partial charge in [0.05, 0.1) is 5.60 Å². The van der Waals surface area contributed by atoms with Crippen LogP contribution in [0, 0.1) is 12.7 Å². The van der Waals surface area contributed by atoms with Crippen LogP contribution in [0.1, 0.15) is 31.2 Å². The first-order valence-corrected chi connectivity index (χ1v) is 6.52. The fourth-order valence-corrected chi connectivity index (χ4v) is 2.35. The number of aliphatic hydroxyl groups is 1. The van der Waals surface area contributed by atoms with E-state index in [-0.39, 0.29) is 6.54 Å². The van der Waals surface area contributed by atoms with Crippen LogP contribution in [-0.2, 0) is 0 Å². The largest absolute Gasteiger partial charge is 0.388 e. The Kier molecular flexibility index (Phi) is 4.04. The number of rotatable bonds is 3. The summed E-state index contributed by atoms with van der Waals surface area (Å²) < 4.78 is 13.1. The predicted molar refractivity (Wildman–Crippen MR) is 71.6 cm³/mol. The zero-order chi connectivity index (χ0) is 13.9. The molecule has 0 spiro atoms. The molecule has 5 heteroatoms. The predicted octanol–water partition coefficient (Wildman–Crippen LogP) is 2.56. The van der Waals surface area contributed by atoms with Crippen molar-refractivity contribution in [2.24, 2.45) is 0 Å². The van der Waals surface area contributed by atoms with Crippen LogP contribution in [0.3, 0.4) is 0 Å². The second kappa shape index (κ2) is 5.57. The van der Waals surface area contributed by atoms with Crippen molar-refractivity contribution in [3.63, 3.8) is 0 Å². The van der Waals surface area contributed by atoms with Gasteiger partial charge >= 0.3 is 6.03 Å². The van der Waals surface area contributed by atoms with E-state index in [0.29, 0.717) is 18.5 Å². The van der Waals surface area contributed by atoms with E-state index < -0.39 is 17.4 Å². The van der Waals surface area contributed by atoms with Crippen LogP contribution in [-0.4, -0.2) is 23.3 Å². The van der Waals surface area contributed by atoms with E-state index in [1.165, 1.54) is 12.1 Å². The van der Waals surface area contributed by atoms with Gasteiger partial charge in [0.1, 0.15) is 5.82 Å². The van der Waals surface area contributed by atoms with Gasteiger partial charge in [-0.25, -0.2) is 9.18 Å². The molecule has 1 aliphatic carbocycles. The molecule has 3 N–H and O–H groups in total. The Morgan fingerprint density at radius 1 is 1.42 bits per heavy atom. The number of nitrogens with one attached hydrogen (secondary N) is 2. The number of aryl methyl sites for hydroxylation is 1. The van der Waals surface area contributed by atoms with Crippen LogP contribution < -0.4 is 10.6 Å². The maximum Gasteiger partial charge on any atom is 0.319 e. The molecular weight excluding hydrogens is 247 g/mol. The molecule has 2 amide bonds. The van der Waals surface area contributed by atoms with Crippen LogP contribution in [0.25, 0.3) is 0 Å². The first-order valence-electron chi connectivity index (χ1n) is 6.52. The fourth-order valence-electron chi connectivity index (χ4n) is 2.35. The number of benzene rings is 1. The van der Waals surface area contributed by atoms with Crippen LogP contribution in [0.15, 0.2) is 18.2 Å². The Morgan fingerprint density at radius 3 is 2.79 bits per heavy atom. The molecule has 19 heavy (non-hydrogen) atoms. The minimum Gasteiger partial charge on any atom is -0.388 e. The maximum absolute atomic E-state index is 13.1. The molecule has 0 bridgehead atoms. The summed E-state index contributed by atoms with van der Waals surface area (Å²) in [6, 6.07) is 3.81. The van der Waals surface area contributed by atoms with Gasteiger partial charge in [0.2, 0.25) is 0 Å². The van der Waals surface area contributed by atoms with Crippen LogP contribution in [0.4, 0.5) is 14.9 Å². The molecule has 1 fully saturated rings. The molecule has 1 aliphatic rings. The van der Waals surface area contributed by atoms with Crippen LogP contribution in [0.2, 0.25) is 0 Å². The fraction of sp³-hybridized carbons (Fsp3) is 0.500. The quantitative estimate of drug-likeness (QED) is 0.787. The molecule has 4 nitrogen and oxygen atoms in total. The third-order valence-electron chi connectivity index (χ3n) is 3.56. The van der Waals surface area contributed by atoms with E-state index >= 15 is 0 Å². The Morgan fingerprint density at radius 2 is 2.11 bits per heavy atom.